The molecule has 1 N–H and O–H groups in total. The zero-order valence-corrected chi connectivity index (χ0v) is 22.0. The third-order valence-corrected chi connectivity index (χ3v) is 6.64. The largest absolute Gasteiger partial charge is 0.494 e. The summed E-state index contributed by atoms with van der Waals surface area (Å²) in [6.07, 6.45) is 5.41. The molecule has 1 aliphatic rings. The molecule has 2 rings (SSSR count). The summed E-state index contributed by atoms with van der Waals surface area (Å²) < 4.78 is 10.7. The molecule has 0 aromatic carbocycles. The zero-order chi connectivity index (χ0) is 27.8. The Morgan fingerprint density at radius 3 is 2.24 bits per heavy atom. The molecule has 0 spiro atoms. The molecule has 1 aliphatic heterocycles. The summed E-state index contributed by atoms with van der Waals surface area (Å²) >= 11 is 0. The molecule has 37 heavy (non-hydrogen) atoms. The van der Waals surface area contributed by atoms with Gasteiger partial charge in [0, 0.05) is 39.4 Å². The lowest BCUT2D eigenvalue weighted by Gasteiger charge is -2.35. The summed E-state index contributed by atoms with van der Waals surface area (Å²) in [5, 5.41) is 30.1. The highest BCUT2D eigenvalue weighted by Crippen LogP contribution is 2.32. The fourth-order valence-corrected chi connectivity index (χ4v) is 4.43. The third kappa shape index (κ3) is 5.62. The van der Waals surface area contributed by atoms with E-state index in [-0.39, 0.29) is 53.4 Å². The lowest BCUT2D eigenvalue weighted by atomic mass is 9.92. The van der Waals surface area contributed by atoms with Crippen molar-refractivity contribution in [3.63, 3.8) is 0 Å². The number of amides is 2. The van der Waals surface area contributed by atoms with Crippen molar-refractivity contribution in [3.05, 3.63) is 55.9 Å². The highest BCUT2D eigenvalue weighted by Gasteiger charge is 2.50. The van der Waals surface area contributed by atoms with Crippen LogP contribution in [0.25, 0.3) is 6.08 Å². The molecular formula is C27H33N4O6+. The molecular weight excluding hydrogens is 476 g/mol. The fourth-order valence-electron chi connectivity index (χ4n) is 4.43. The maximum atomic E-state index is 13.6. The Morgan fingerprint density at radius 2 is 1.68 bits per heavy atom. The third-order valence-electron chi connectivity index (χ3n) is 6.64. The molecule has 10 nitrogen and oxygen atoms in total. The molecule has 0 radical (unpaired) electrons. The van der Waals surface area contributed by atoms with Gasteiger partial charge in [-0.3, -0.25) is 9.36 Å². The van der Waals surface area contributed by atoms with Crippen LogP contribution in [0.1, 0.15) is 43.4 Å². The summed E-state index contributed by atoms with van der Waals surface area (Å²) in [4.78, 5) is 39.5. The number of hydrogen-bond donors (Lipinski definition) is 1. The van der Waals surface area contributed by atoms with Gasteiger partial charge < -0.3 is 14.6 Å². The molecule has 0 saturated heterocycles. The van der Waals surface area contributed by atoms with E-state index < -0.39 is 21.9 Å². The maximum Gasteiger partial charge on any atom is 0.364 e. The molecule has 196 valence electrons. The van der Waals surface area contributed by atoms with Gasteiger partial charge >= 0.3 is 11.8 Å². The SMILES string of the molecule is CC[N+]1(CCCOC)C(=O)C(=CC=Cc2c(C)c(C#N)c(=O)n(CCCOC)c2O)C(C)=C(C#N)C1=O. The number of likely N-dealkylation sites (N-methyl/N-ethyl adjacent to an activating group) is 1. The lowest BCUT2D eigenvalue weighted by Crippen LogP contribution is -2.60. The fraction of sp³-hybridized carbons (Fsp3) is 0.444. The molecule has 2 heterocycles. The monoisotopic (exact) mass is 509 g/mol. The number of aromatic nitrogens is 1. The van der Waals surface area contributed by atoms with Crippen LogP contribution in [0, 0.1) is 29.6 Å². The second kappa shape index (κ2) is 12.9. The maximum absolute atomic E-state index is 13.6. The Bertz CT molecular complexity index is 1310. The average Bonchev–Trinajstić information content (AvgIpc) is 2.88. The van der Waals surface area contributed by atoms with Crippen LogP contribution in [0.2, 0.25) is 0 Å². The van der Waals surface area contributed by atoms with E-state index in [1.807, 2.05) is 12.1 Å². The van der Waals surface area contributed by atoms with Crippen LogP contribution in [0.15, 0.2) is 33.7 Å². The van der Waals surface area contributed by atoms with E-state index in [1.165, 1.54) is 32.4 Å². The summed E-state index contributed by atoms with van der Waals surface area (Å²) in [7, 11) is 3.06. The number of carbonyl (C=O) groups excluding carboxylic acids is 2. The van der Waals surface area contributed by atoms with Crippen molar-refractivity contribution in [2.45, 2.75) is 40.2 Å². The normalized spacial score (nSPS) is 19.1. The molecule has 0 fully saturated rings. The summed E-state index contributed by atoms with van der Waals surface area (Å²) in [6, 6.07) is 3.86. The lowest BCUT2D eigenvalue weighted by molar-refractivity contribution is -0.773. The van der Waals surface area contributed by atoms with E-state index in [4.69, 9.17) is 9.47 Å². The smallest absolute Gasteiger partial charge is 0.364 e. The average molecular weight is 510 g/mol. The van der Waals surface area contributed by atoms with Crippen molar-refractivity contribution in [3.8, 4) is 18.0 Å². The standard InChI is InChI=1S/C27H32N4O6/c1-6-31(13-9-15-37-5)26(34)21(19(3)23(17-29)27(31)35)11-7-10-20-18(2)22(16-28)25(33)30(24(20)32)12-8-14-36-4/h7,10-11H,6,8-9,12-15H2,1-5H3/p+1. The van der Waals surface area contributed by atoms with Gasteiger partial charge in [-0.1, -0.05) is 6.08 Å². The van der Waals surface area contributed by atoms with E-state index in [9.17, 15) is 30.0 Å². The van der Waals surface area contributed by atoms with Gasteiger partial charge in [0.2, 0.25) is 5.88 Å². The van der Waals surface area contributed by atoms with Crippen LogP contribution in [-0.4, -0.2) is 66.5 Å². The van der Waals surface area contributed by atoms with Gasteiger partial charge in [0.25, 0.3) is 5.56 Å². The van der Waals surface area contributed by atoms with Gasteiger partial charge in [0.05, 0.1) is 25.3 Å². The van der Waals surface area contributed by atoms with Crippen LogP contribution in [-0.2, 0) is 25.6 Å². The minimum Gasteiger partial charge on any atom is -0.494 e. The molecule has 1 aromatic rings. The number of aromatic hydroxyl groups is 1. The molecule has 0 bridgehead atoms. The molecule has 1 atom stereocenters. The number of imide groups is 1. The van der Waals surface area contributed by atoms with Gasteiger partial charge in [-0.25, -0.2) is 9.59 Å². The van der Waals surface area contributed by atoms with Gasteiger partial charge in [-0.15, -0.1) is 0 Å². The van der Waals surface area contributed by atoms with E-state index in [0.717, 1.165) is 4.57 Å². The van der Waals surface area contributed by atoms with Crippen LogP contribution in [0.3, 0.4) is 0 Å². The van der Waals surface area contributed by atoms with Crippen LogP contribution >= 0.6 is 0 Å². The Labute approximate surface area is 216 Å². The number of quaternary nitrogens is 1. The number of nitrogens with zero attached hydrogens (tertiary/aromatic N) is 4. The van der Waals surface area contributed by atoms with Crippen molar-refractivity contribution in [2.24, 2.45) is 0 Å². The Balaban J connectivity index is 2.62. The Kier molecular flexibility index (Phi) is 10.3. The molecule has 0 saturated carbocycles. The second-order valence-electron chi connectivity index (χ2n) is 8.67. The topological polar surface area (TPSA) is 142 Å². The first-order valence-electron chi connectivity index (χ1n) is 12.0. The van der Waals surface area contributed by atoms with Crippen LogP contribution in [0.4, 0.5) is 0 Å². The summed E-state index contributed by atoms with van der Waals surface area (Å²) in [5.74, 6) is -1.26. The number of methoxy groups -OCH3 is 2. The van der Waals surface area contributed by atoms with Gasteiger partial charge in [-0.2, -0.15) is 15.0 Å². The van der Waals surface area contributed by atoms with E-state index in [2.05, 4.69) is 0 Å². The number of pyridine rings is 1. The number of ether oxygens (including phenoxy) is 2. The van der Waals surface area contributed by atoms with Crippen molar-refractivity contribution in [1.82, 2.24) is 4.57 Å². The number of carbonyl (C=O) groups is 2. The number of rotatable bonds is 11. The van der Waals surface area contributed by atoms with Gasteiger partial charge in [0.15, 0.2) is 5.57 Å². The highest BCUT2D eigenvalue weighted by atomic mass is 16.5. The second-order valence-corrected chi connectivity index (χ2v) is 8.67. The molecule has 10 heteroatoms. The first-order chi connectivity index (χ1) is 17.7. The highest BCUT2D eigenvalue weighted by molar-refractivity contribution is 6.11. The molecule has 2 amide bonds. The zero-order valence-electron chi connectivity index (χ0n) is 22.0. The minimum atomic E-state index is -0.594. The first-order valence-corrected chi connectivity index (χ1v) is 12.0. The van der Waals surface area contributed by atoms with Crippen molar-refractivity contribution in [2.75, 3.05) is 40.5 Å². The molecule has 1 unspecified atom stereocenters. The van der Waals surface area contributed by atoms with E-state index in [1.54, 1.807) is 20.8 Å². The predicted octanol–water partition coefficient (Wildman–Crippen LogP) is 2.49. The first kappa shape index (κ1) is 29.4. The Morgan fingerprint density at radius 1 is 1.03 bits per heavy atom. The Hall–Kier alpha value is -3.83. The van der Waals surface area contributed by atoms with Gasteiger partial charge in [-0.05, 0) is 50.5 Å². The van der Waals surface area contributed by atoms with Crippen LogP contribution in [0.5, 0.6) is 5.88 Å². The number of hydrogen-bond acceptors (Lipinski definition) is 8. The van der Waals surface area contributed by atoms with Crippen molar-refractivity contribution < 1.29 is 28.7 Å². The minimum absolute atomic E-state index is 0.0731. The van der Waals surface area contributed by atoms with Crippen LogP contribution < -0.4 is 5.56 Å². The number of allylic oxidation sites excluding steroid dienone is 2. The summed E-state index contributed by atoms with van der Waals surface area (Å²) in [5.41, 5.74) is 0.278. The predicted molar refractivity (Wildman–Crippen MR) is 136 cm³/mol. The van der Waals surface area contributed by atoms with Crippen molar-refractivity contribution >= 4 is 17.9 Å². The number of nitriles is 2. The van der Waals surface area contributed by atoms with Crippen molar-refractivity contribution in [1.29, 1.82) is 10.5 Å². The van der Waals surface area contributed by atoms with Gasteiger partial charge in [0.1, 0.15) is 17.7 Å². The molecule has 0 aliphatic carbocycles. The van der Waals surface area contributed by atoms with E-state index in [0.29, 0.717) is 31.6 Å². The molecule has 1 aromatic heterocycles. The van der Waals surface area contributed by atoms with E-state index >= 15 is 0 Å². The quantitative estimate of drug-likeness (QED) is 0.207. The summed E-state index contributed by atoms with van der Waals surface area (Å²) in [6.45, 7) is 6.10.